The number of alkyl halides is 2. The normalized spacial score (nSPS) is 11.5. The molecule has 2 N–H and O–H groups in total. The van der Waals surface area contributed by atoms with E-state index in [0.29, 0.717) is 19.0 Å². The van der Waals surface area contributed by atoms with Crippen LogP contribution in [0.2, 0.25) is 0 Å². The lowest BCUT2D eigenvalue weighted by Gasteiger charge is -2.15. The molecular formula is C19H28F2IN5O. The van der Waals surface area contributed by atoms with Crippen LogP contribution in [-0.2, 0) is 13.1 Å². The third-order valence-corrected chi connectivity index (χ3v) is 3.71. The Morgan fingerprint density at radius 3 is 2.68 bits per heavy atom. The third kappa shape index (κ3) is 7.25. The van der Waals surface area contributed by atoms with Gasteiger partial charge in [-0.15, -0.1) is 24.0 Å². The van der Waals surface area contributed by atoms with Crippen molar-refractivity contribution >= 4 is 29.9 Å². The van der Waals surface area contributed by atoms with E-state index in [1.807, 2.05) is 45.9 Å². The van der Waals surface area contributed by atoms with Crippen molar-refractivity contribution in [3.8, 4) is 5.75 Å². The lowest BCUT2D eigenvalue weighted by atomic mass is 10.1. The minimum absolute atomic E-state index is 0. The van der Waals surface area contributed by atoms with E-state index >= 15 is 0 Å². The molecule has 0 aliphatic rings. The first-order valence-corrected chi connectivity index (χ1v) is 8.99. The Morgan fingerprint density at radius 2 is 2.04 bits per heavy atom. The summed E-state index contributed by atoms with van der Waals surface area (Å²) in [6.45, 7) is 6.49. The Kier molecular flexibility index (Phi) is 10.2. The number of aryl methyl sites for hydroxylation is 1. The molecule has 156 valence electrons. The molecule has 0 fully saturated rings. The number of guanidine groups is 1. The van der Waals surface area contributed by atoms with Gasteiger partial charge in [-0.25, -0.2) is 9.98 Å². The molecule has 2 aromatic rings. The predicted octanol–water partition coefficient (Wildman–Crippen LogP) is 4.25. The Bertz CT molecular complexity index is 765. The average Bonchev–Trinajstić information content (AvgIpc) is 3.07. The molecule has 0 aliphatic carbocycles. The van der Waals surface area contributed by atoms with E-state index in [1.54, 1.807) is 0 Å². The maximum Gasteiger partial charge on any atom is 0.319 e. The number of benzene rings is 1. The second-order valence-corrected chi connectivity index (χ2v) is 6.35. The van der Waals surface area contributed by atoms with Crippen LogP contribution in [-0.4, -0.2) is 28.2 Å². The Labute approximate surface area is 181 Å². The summed E-state index contributed by atoms with van der Waals surface area (Å²) in [5.41, 5.74) is 2.07. The molecule has 0 unspecified atom stereocenters. The standard InChI is InChI=1S/C19H27F2N5O.HI/c1-5-22-19(25-12-17-23-8-9-26(17)18(20)21)24-11-15-7-6-14(4)10-16(15)27-13(2)3;/h6-10,13,18H,5,11-12H2,1-4H3,(H2,22,24,25);1H. The number of hydrogen-bond acceptors (Lipinski definition) is 3. The SMILES string of the molecule is CCNC(=NCc1ccc(C)cc1OC(C)C)NCc1nccn1C(F)F.I. The van der Waals surface area contributed by atoms with E-state index in [1.165, 1.54) is 12.4 Å². The first-order chi connectivity index (χ1) is 12.9. The van der Waals surface area contributed by atoms with Crippen LogP contribution in [0.3, 0.4) is 0 Å². The molecule has 6 nitrogen and oxygen atoms in total. The first kappa shape index (κ1) is 24.1. The number of nitrogens with one attached hydrogen (secondary N) is 2. The molecular weight excluding hydrogens is 479 g/mol. The lowest BCUT2D eigenvalue weighted by Crippen LogP contribution is -2.37. The van der Waals surface area contributed by atoms with E-state index in [4.69, 9.17) is 4.74 Å². The monoisotopic (exact) mass is 507 g/mol. The maximum absolute atomic E-state index is 12.9. The minimum atomic E-state index is -2.62. The average molecular weight is 507 g/mol. The van der Waals surface area contributed by atoms with Crippen LogP contribution in [0.5, 0.6) is 5.75 Å². The zero-order valence-corrected chi connectivity index (χ0v) is 18.9. The number of halogens is 3. The summed E-state index contributed by atoms with van der Waals surface area (Å²) in [6, 6.07) is 5.99. The molecule has 0 aliphatic heterocycles. The van der Waals surface area contributed by atoms with Crippen molar-refractivity contribution in [1.82, 2.24) is 20.2 Å². The van der Waals surface area contributed by atoms with E-state index in [0.717, 1.165) is 21.4 Å². The van der Waals surface area contributed by atoms with Gasteiger partial charge in [-0.3, -0.25) is 4.57 Å². The van der Waals surface area contributed by atoms with Gasteiger partial charge < -0.3 is 15.4 Å². The number of ether oxygens (including phenoxy) is 1. The van der Waals surface area contributed by atoms with Gasteiger partial charge >= 0.3 is 6.55 Å². The molecule has 1 aromatic carbocycles. The highest BCUT2D eigenvalue weighted by Crippen LogP contribution is 2.22. The van der Waals surface area contributed by atoms with Gasteiger partial charge in [0.05, 0.1) is 19.2 Å². The van der Waals surface area contributed by atoms with E-state index in [2.05, 4.69) is 20.6 Å². The van der Waals surface area contributed by atoms with Crippen molar-refractivity contribution in [2.75, 3.05) is 6.54 Å². The highest BCUT2D eigenvalue weighted by Gasteiger charge is 2.12. The van der Waals surface area contributed by atoms with E-state index in [9.17, 15) is 8.78 Å². The third-order valence-electron chi connectivity index (χ3n) is 3.71. The van der Waals surface area contributed by atoms with Crippen LogP contribution >= 0.6 is 24.0 Å². The lowest BCUT2D eigenvalue weighted by molar-refractivity contribution is 0.0668. The van der Waals surface area contributed by atoms with Gasteiger partial charge in [0.15, 0.2) is 5.96 Å². The zero-order chi connectivity index (χ0) is 19.8. The number of hydrogen-bond donors (Lipinski definition) is 2. The molecule has 1 heterocycles. The van der Waals surface area contributed by atoms with Gasteiger partial charge in [0.1, 0.15) is 11.6 Å². The van der Waals surface area contributed by atoms with Gasteiger partial charge in [-0.2, -0.15) is 8.78 Å². The first-order valence-electron chi connectivity index (χ1n) is 8.99. The van der Waals surface area contributed by atoms with Crippen molar-refractivity contribution in [1.29, 1.82) is 0 Å². The topological polar surface area (TPSA) is 63.5 Å². The van der Waals surface area contributed by atoms with E-state index in [-0.39, 0.29) is 42.4 Å². The Morgan fingerprint density at radius 1 is 1.29 bits per heavy atom. The van der Waals surface area contributed by atoms with Crippen LogP contribution in [0, 0.1) is 6.92 Å². The van der Waals surface area contributed by atoms with Crippen LogP contribution in [0.25, 0.3) is 0 Å². The highest BCUT2D eigenvalue weighted by molar-refractivity contribution is 14.0. The van der Waals surface area contributed by atoms with E-state index < -0.39 is 6.55 Å². The van der Waals surface area contributed by atoms with Crippen molar-refractivity contribution in [2.24, 2.45) is 4.99 Å². The molecule has 9 heteroatoms. The van der Waals surface area contributed by atoms with Gasteiger partial charge in [0, 0.05) is 24.5 Å². The van der Waals surface area contributed by atoms with Crippen LogP contribution in [0.1, 0.15) is 44.3 Å². The molecule has 28 heavy (non-hydrogen) atoms. The molecule has 0 saturated carbocycles. The maximum atomic E-state index is 12.9. The zero-order valence-electron chi connectivity index (χ0n) is 16.6. The summed E-state index contributed by atoms with van der Waals surface area (Å²) in [5.74, 6) is 1.57. The summed E-state index contributed by atoms with van der Waals surface area (Å²) in [7, 11) is 0. The number of nitrogens with zero attached hydrogens (tertiary/aromatic N) is 3. The predicted molar refractivity (Wildman–Crippen MR) is 117 cm³/mol. The fourth-order valence-corrected chi connectivity index (χ4v) is 2.48. The van der Waals surface area contributed by atoms with Crippen molar-refractivity contribution in [3.63, 3.8) is 0 Å². The molecule has 0 radical (unpaired) electrons. The van der Waals surface area contributed by atoms with Gasteiger partial charge in [-0.05, 0) is 39.3 Å². The number of imidazole rings is 1. The Hall–Kier alpha value is -1.91. The molecule has 0 atom stereocenters. The summed E-state index contributed by atoms with van der Waals surface area (Å²) < 4.78 is 32.5. The number of aromatic nitrogens is 2. The summed E-state index contributed by atoms with van der Waals surface area (Å²) in [5, 5.41) is 6.15. The minimum Gasteiger partial charge on any atom is -0.491 e. The number of rotatable bonds is 8. The van der Waals surface area contributed by atoms with Gasteiger partial charge in [-0.1, -0.05) is 12.1 Å². The molecule has 0 spiro atoms. The second-order valence-electron chi connectivity index (χ2n) is 6.35. The second kappa shape index (κ2) is 11.8. The van der Waals surface area contributed by atoms with Crippen LogP contribution in [0.4, 0.5) is 8.78 Å². The van der Waals surface area contributed by atoms with Crippen LogP contribution < -0.4 is 15.4 Å². The fourth-order valence-electron chi connectivity index (χ4n) is 2.48. The van der Waals surface area contributed by atoms with Crippen molar-refractivity contribution in [2.45, 2.75) is 53.4 Å². The highest BCUT2D eigenvalue weighted by atomic mass is 127. The molecule has 1 aromatic heterocycles. The number of aliphatic imine (C=N–C) groups is 1. The molecule has 0 amide bonds. The largest absolute Gasteiger partial charge is 0.491 e. The summed E-state index contributed by atoms with van der Waals surface area (Å²) in [4.78, 5) is 8.51. The van der Waals surface area contributed by atoms with Gasteiger partial charge in [0.25, 0.3) is 0 Å². The molecule has 0 saturated heterocycles. The van der Waals surface area contributed by atoms with Crippen molar-refractivity contribution < 1.29 is 13.5 Å². The van der Waals surface area contributed by atoms with Crippen LogP contribution in [0.15, 0.2) is 35.6 Å². The quantitative estimate of drug-likeness (QED) is 0.319. The summed E-state index contributed by atoms with van der Waals surface area (Å²) in [6.07, 6.45) is 2.68. The fraction of sp³-hybridized carbons (Fsp3) is 0.474. The molecule has 0 bridgehead atoms. The van der Waals surface area contributed by atoms with Crippen molar-refractivity contribution in [3.05, 3.63) is 47.5 Å². The van der Waals surface area contributed by atoms with Gasteiger partial charge in [0.2, 0.25) is 0 Å². The molecule has 2 rings (SSSR count). The smallest absolute Gasteiger partial charge is 0.319 e. The summed E-state index contributed by atoms with van der Waals surface area (Å²) >= 11 is 0. The Balaban J connectivity index is 0.00000392.